The number of fused-ring (bicyclic) bond motifs is 3. The Hall–Kier alpha value is -3.26. The number of anilines is 2. The maximum atomic E-state index is 6.21. The summed E-state index contributed by atoms with van der Waals surface area (Å²) in [6.45, 7) is 8.68. The Bertz CT molecular complexity index is 1280. The zero-order valence-corrected chi connectivity index (χ0v) is 19.2. The normalized spacial score (nSPS) is 14.0. The van der Waals surface area contributed by atoms with Crippen molar-refractivity contribution in [2.24, 2.45) is 0 Å². The highest BCUT2D eigenvalue weighted by atomic mass is 14.9. The van der Waals surface area contributed by atoms with Crippen LogP contribution in [-0.4, -0.2) is 7.85 Å². The Morgan fingerprint density at radius 3 is 1.88 bits per heavy atom. The van der Waals surface area contributed by atoms with E-state index >= 15 is 0 Å². The minimum atomic E-state index is -0.322. The molecule has 1 nitrogen and oxygen atoms in total. The van der Waals surface area contributed by atoms with E-state index in [1.54, 1.807) is 0 Å². The van der Waals surface area contributed by atoms with Gasteiger partial charge in [-0.25, -0.2) is 0 Å². The van der Waals surface area contributed by atoms with E-state index in [-0.39, 0.29) is 10.7 Å². The molecule has 0 amide bonds. The molecule has 0 fully saturated rings. The van der Waals surface area contributed by atoms with Crippen molar-refractivity contribution in [3.63, 3.8) is 0 Å². The summed E-state index contributed by atoms with van der Waals surface area (Å²) in [7, 11) is 6.21. The van der Waals surface area contributed by atoms with Gasteiger partial charge in [-0.1, -0.05) is 100.0 Å². The third-order valence-corrected chi connectivity index (χ3v) is 6.72. The summed E-state index contributed by atoms with van der Waals surface area (Å²) in [5.41, 5.74) is 11.2. The number of rotatable bonds is 4. The van der Waals surface area contributed by atoms with Gasteiger partial charge in [0.1, 0.15) is 0 Å². The molecule has 1 aliphatic carbocycles. The van der Waals surface area contributed by atoms with Crippen molar-refractivity contribution >= 4 is 19.2 Å². The first-order valence-corrected chi connectivity index (χ1v) is 11.2. The van der Waals surface area contributed by atoms with E-state index in [4.69, 9.17) is 7.85 Å². The molecular weight excluding hydrogens is 385 g/mol. The Morgan fingerprint density at radius 2 is 1.22 bits per heavy atom. The lowest BCUT2D eigenvalue weighted by Crippen LogP contribution is -2.16. The van der Waals surface area contributed by atoms with Gasteiger partial charge in [-0.3, -0.25) is 0 Å². The molecule has 0 aromatic heterocycles. The molecule has 0 bridgehead atoms. The number of nitrogens with one attached hydrogen (secondary N) is 1. The molecular formula is C30H28BN. The minimum Gasteiger partial charge on any atom is -0.356 e. The molecule has 1 aliphatic rings. The molecule has 0 spiro atoms. The van der Waals surface area contributed by atoms with Gasteiger partial charge in [-0.05, 0) is 63.0 Å². The molecule has 2 radical (unpaired) electrons. The molecule has 0 saturated carbocycles. The molecule has 4 aromatic carbocycles. The summed E-state index contributed by atoms with van der Waals surface area (Å²) >= 11 is 0. The molecule has 0 heterocycles. The number of benzene rings is 4. The van der Waals surface area contributed by atoms with Crippen LogP contribution in [0.1, 0.15) is 44.4 Å². The van der Waals surface area contributed by atoms with E-state index in [1.807, 2.05) is 13.8 Å². The fourth-order valence-electron chi connectivity index (χ4n) is 4.80. The van der Waals surface area contributed by atoms with Crippen molar-refractivity contribution in [1.29, 1.82) is 0 Å². The Balaban J connectivity index is 1.39. The maximum Gasteiger partial charge on any atom is 0.0802 e. The zero-order chi connectivity index (χ0) is 22.5. The van der Waals surface area contributed by atoms with Gasteiger partial charge in [0.15, 0.2) is 0 Å². The summed E-state index contributed by atoms with van der Waals surface area (Å²) in [5.74, 6) is 0. The van der Waals surface area contributed by atoms with Crippen LogP contribution < -0.4 is 5.32 Å². The molecule has 4 aromatic rings. The van der Waals surface area contributed by atoms with E-state index in [0.717, 1.165) is 16.9 Å². The van der Waals surface area contributed by atoms with Crippen LogP contribution in [0.15, 0.2) is 91.0 Å². The molecule has 0 unspecified atom stereocenters. The second-order valence-corrected chi connectivity index (χ2v) is 9.93. The van der Waals surface area contributed by atoms with Crippen LogP contribution in [-0.2, 0) is 10.7 Å². The molecule has 0 aliphatic heterocycles. The fraction of sp³-hybridized carbons (Fsp3) is 0.200. The minimum absolute atomic E-state index is 0.0424. The third-order valence-electron chi connectivity index (χ3n) is 6.72. The average Bonchev–Trinajstić information content (AvgIpc) is 3.01. The van der Waals surface area contributed by atoms with Crippen molar-refractivity contribution in [2.45, 2.75) is 38.4 Å². The van der Waals surface area contributed by atoms with Crippen molar-refractivity contribution in [3.05, 3.63) is 108 Å². The summed E-state index contributed by atoms with van der Waals surface area (Å²) in [6, 6.07) is 32.6. The Kier molecular flexibility index (Phi) is 4.78. The largest absolute Gasteiger partial charge is 0.356 e. The van der Waals surface area contributed by atoms with E-state index in [1.165, 1.54) is 33.4 Å². The molecule has 32 heavy (non-hydrogen) atoms. The number of hydrogen-bond donors (Lipinski definition) is 1. The second kappa shape index (κ2) is 7.41. The predicted molar refractivity (Wildman–Crippen MR) is 138 cm³/mol. The monoisotopic (exact) mass is 413 g/mol. The first-order chi connectivity index (χ1) is 15.2. The van der Waals surface area contributed by atoms with Gasteiger partial charge in [0.25, 0.3) is 0 Å². The molecule has 0 saturated heterocycles. The Morgan fingerprint density at radius 1 is 0.656 bits per heavy atom. The SMILES string of the molecule is [B]C(C)(C)c1ccc(-c2ccc(Nc3ccc4c(c3)-c3ccccc3C4(C)C)cc2)cc1. The van der Waals surface area contributed by atoms with Crippen LogP contribution in [0.25, 0.3) is 22.3 Å². The maximum absolute atomic E-state index is 6.21. The fourth-order valence-corrected chi connectivity index (χ4v) is 4.80. The van der Waals surface area contributed by atoms with Gasteiger partial charge in [0, 0.05) is 16.8 Å². The van der Waals surface area contributed by atoms with Crippen LogP contribution in [0.5, 0.6) is 0 Å². The molecule has 5 rings (SSSR count). The van der Waals surface area contributed by atoms with E-state index in [2.05, 4.69) is 110 Å². The molecule has 2 heteroatoms. The summed E-state index contributed by atoms with van der Waals surface area (Å²) < 4.78 is 0. The van der Waals surface area contributed by atoms with Crippen LogP contribution in [0.4, 0.5) is 11.4 Å². The second-order valence-electron chi connectivity index (χ2n) is 9.93. The highest BCUT2D eigenvalue weighted by Crippen LogP contribution is 2.49. The standard InChI is InChI=1S/C30H28BN/c1-29(2)27-8-6-5-7-25(27)26-19-24(17-18-28(26)29)32-23-15-11-21(12-16-23)20-9-13-22(14-10-20)30(3,4)31/h5-19,32H,1-4H3. The average molecular weight is 413 g/mol. The molecule has 1 N–H and O–H groups in total. The van der Waals surface area contributed by atoms with Crippen LogP contribution in [0.2, 0.25) is 0 Å². The lowest BCUT2D eigenvalue weighted by Gasteiger charge is -2.21. The lowest BCUT2D eigenvalue weighted by molar-refractivity contribution is 0.660. The van der Waals surface area contributed by atoms with Crippen molar-refractivity contribution < 1.29 is 0 Å². The topological polar surface area (TPSA) is 12.0 Å². The van der Waals surface area contributed by atoms with Crippen molar-refractivity contribution in [1.82, 2.24) is 0 Å². The van der Waals surface area contributed by atoms with Gasteiger partial charge in [0.05, 0.1) is 7.85 Å². The lowest BCUT2D eigenvalue weighted by atomic mass is 9.67. The van der Waals surface area contributed by atoms with Gasteiger partial charge >= 0.3 is 0 Å². The number of hydrogen-bond acceptors (Lipinski definition) is 1. The smallest absolute Gasteiger partial charge is 0.0802 e. The molecule has 156 valence electrons. The van der Waals surface area contributed by atoms with Gasteiger partial charge in [-0.15, -0.1) is 0 Å². The molecule has 0 atom stereocenters. The van der Waals surface area contributed by atoms with Crippen LogP contribution in [0.3, 0.4) is 0 Å². The van der Waals surface area contributed by atoms with Crippen molar-refractivity contribution in [2.75, 3.05) is 5.32 Å². The van der Waals surface area contributed by atoms with Crippen LogP contribution >= 0.6 is 0 Å². The van der Waals surface area contributed by atoms with E-state index in [0.29, 0.717) is 0 Å². The summed E-state index contributed by atoms with van der Waals surface area (Å²) in [4.78, 5) is 0. The Labute approximate surface area is 192 Å². The zero-order valence-electron chi connectivity index (χ0n) is 19.2. The van der Waals surface area contributed by atoms with E-state index < -0.39 is 0 Å². The predicted octanol–water partition coefficient (Wildman–Crippen LogP) is 7.81. The quantitative estimate of drug-likeness (QED) is 0.337. The van der Waals surface area contributed by atoms with E-state index in [9.17, 15) is 0 Å². The summed E-state index contributed by atoms with van der Waals surface area (Å²) in [6.07, 6.45) is 0. The third kappa shape index (κ3) is 3.54. The van der Waals surface area contributed by atoms with Gasteiger partial charge < -0.3 is 5.32 Å². The summed E-state index contributed by atoms with van der Waals surface area (Å²) in [5, 5.41) is 3.26. The highest BCUT2D eigenvalue weighted by molar-refractivity contribution is 6.15. The first-order valence-electron chi connectivity index (χ1n) is 11.2. The van der Waals surface area contributed by atoms with Crippen LogP contribution in [0, 0.1) is 0 Å². The van der Waals surface area contributed by atoms with Gasteiger partial charge in [0.2, 0.25) is 0 Å². The van der Waals surface area contributed by atoms with Crippen molar-refractivity contribution in [3.8, 4) is 22.3 Å². The highest BCUT2D eigenvalue weighted by Gasteiger charge is 2.34. The van der Waals surface area contributed by atoms with Gasteiger partial charge in [-0.2, -0.15) is 0 Å². The first kappa shape index (κ1) is 20.6.